The topological polar surface area (TPSA) is 47.0 Å². The second kappa shape index (κ2) is 9.72. The predicted octanol–water partition coefficient (Wildman–Crippen LogP) is 4.10. The summed E-state index contributed by atoms with van der Waals surface area (Å²) in [5, 5.41) is 11.7. The van der Waals surface area contributed by atoms with Crippen LogP contribution in [0.2, 0.25) is 0 Å². The van der Waals surface area contributed by atoms with Gasteiger partial charge in [-0.15, -0.1) is 5.10 Å². The van der Waals surface area contributed by atoms with Gasteiger partial charge in [0.1, 0.15) is 0 Å². The molecule has 0 aliphatic carbocycles. The predicted molar refractivity (Wildman–Crippen MR) is 87.5 cm³/mol. The zero-order valence-electron chi connectivity index (χ0n) is 14.1. The molecular formula is C17H31N3O. The highest BCUT2D eigenvalue weighted by Gasteiger charge is 2.09. The lowest BCUT2D eigenvalue weighted by molar-refractivity contribution is 0.289. The molecule has 0 aliphatic rings. The average Bonchev–Trinajstić information content (AvgIpc) is 2.44. The number of ether oxygens (including phenoxy) is 1. The molecule has 1 heterocycles. The van der Waals surface area contributed by atoms with E-state index in [4.69, 9.17) is 4.74 Å². The molecule has 0 amide bonds. The summed E-state index contributed by atoms with van der Waals surface area (Å²) in [5.74, 6) is 0.628. The minimum atomic E-state index is 0.0919. The maximum Gasteiger partial charge on any atom is 0.233 e. The first-order valence-electron chi connectivity index (χ1n) is 8.21. The van der Waals surface area contributed by atoms with Crippen LogP contribution in [0.3, 0.4) is 0 Å². The Hall–Kier alpha value is -1.16. The van der Waals surface area contributed by atoms with E-state index in [0.29, 0.717) is 5.88 Å². The fraction of sp³-hybridized carbons (Fsp3) is 0.765. The van der Waals surface area contributed by atoms with Gasteiger partial charge < -0.3 is 10.1 Å². The number of hydrogen-bond donors (Lipinski definition) is 1. The van der Waals surface area contributed by atoms with Gasteiger partial charge in [-0.05, 0) is 33.3 Å². The third-order valence-electron chi connectivity index (χ3n) is 3.24. The van der Waals surface area contributed by atoms with Crippen LogP contribution in [-0.2, 0) is 6.54 Å². The van der Waals surface area contributed by atoms with Crippen molar-refractivity contribution in [3.8, 4) is 5.88 Å². The molecule has 1 N–H and O–H groups in total. The van der Waals surface area contributed by atoms with E-state index in [1.807, 2.05) is 12.1 Å². The zero-order valence-corrected chi connectivity index (χ0v) is 14.1. The Kier molecular flexibility index (Phi) is 8.28. The van der Waals surface area contributed by atoms with Gasteiger partial charge in [0, 0.05) is 18.2 Å². The Labute approximate surface area is 129 Å². The van der Waals surface area contributed by atoms with Crippen LogP contribution >= 0.6 is 0 Å². The molecular weight excluding hydrogens is 262 g/mol. The van der Waals surface area contributed by atoms with Crippen LogP contribution in [-0.4, -0.2) is 22.3 Å². The first-order valence-corrected chi connectivity index (χ1v) is 8.21. The molecule has 4 nitrogen and oxygen atoms in total. The highest BCUT2D eigenvalue weighted by molar-refractivity contribution is 5.11. The number of rotatable bonds is 10. The second-order valence-corrected chi connectivity index (χ2v) is 6.58. The van der Waals surface area contributed by atoms with Crippen molar-refractivity contribution in [1.82, 2.24) is 15.5 Å². The van der Waals surface area contributed by atoms with Crippen LogP contribution in [0.4, 0.5) is 0 Å². The average molecular weight is 293 g/mol. The summed E-state index contributed by atoms with van der Waals surface area (Å²) in [6, 6.07) is 3.88. The van der Waals surface area contributed by atoms with Crippen LogP contribution in [0.25, 0.3) is 0 Å². The maximum absolute atomic E-state index is 5.62. The van der Waals surface area contributed by atoms with Crippen molar-refractivity contribution in [2.75, 3.05) is 6.61 Å². The van der Waals surface area contributed by atoms with Gasteiger partial charge >= 0.3 is 0 Å². The molecule has 0 aliphatic heterocycles. The lowest BCUT2D eigenvalue weighted by atomic mass is 10.1. The molecule has 0 saturated carbocycles. The molecule has 120 valence electrons. The maximum atomic E-state index is 5.62. The molecule has 4 heteroatoms. The van der Waals surface area contributed by atoms with Crippen LogP contribution < -0.4 is 10.1 Å². The van der Waals surface area contributed by atoms with E-state index < -0.39 is 0 Å². The lowest BCUT2D eigenvalue weighted by Crippen LogP contribution is -2.35. The molecule has 0 unspecified atom stereocenters. The summed E-state index contributed by atoms with van der Waals surface area (Å²) in [7, 11) is 0. The van der Waals surface area contributed by atoms with E-state index in [0.717, 1.165) is 25.3 Å². The van der Waals surface area contributed by atoms with Crippen LogP contribution in [0.15, 0.2) is 12.1 Å². The van der Waals surface area contributed by atoms with E-state index in [-0.39, 0.29) is 5.54 Å². The Balaban J connectivity index is 2.16. The Morgan fingerprint density at radius 3 is 2.33 bits per heavy atom. The molecule has 0 radical (unpaired) electrons. The van der Waals surface area contributed by atoms with Gasteiger partial charge in [-0.3, -0.25) is 0 Å². The van der Waals surface area contributed by atoms with Crippen molar-refractivity contribution in [2.24, 2.45) is 0 Å². The first kappa shape index (κ1) is 17.9. The van der Waals surface area contributed by atoms with Gasteiger partial charge in [0.2, 0.25) is 5.88 Å². The van der Waals surface area contributed by atoms with Gasteiger partial charge in [-0.1, -0.05) is 39.0 Å². The molecule has 1 aromatic rings. The highest BCUT2D eigenvalue weighted by Crippen LogP contribution is 2.09. The molecule has 1 rings (SSSR count). The largest absolute Gasteiger partial charge is 0.477 e. The van der Waals surface area contributed by atoms with Crippen LogP contribution in [0.5, 0.6) is 5.88 Å². The van der Waals surface area contributed by atoms with Crippen molar-refractivity contribution in [3.05, 3.63) is 17.8 Å². The first-order chi connectivity index (χ1) is 10.0. The van der Waals surface area contributed by atoms with Crippen LogP contribution in [0.1, 0.15) is 71.9 Å². The number of aromatic nitrogens is 2. The molecule has 0 aromatic carbocycles. The van der Waals surface area contributed by atoms with Gasteiger partial charge in [0.05, 0.1) is 12.3 Å². The van der Waals surface area contributed by atoms with Crippen molar-refractivity contribution >= 4 is 0 Å². The lowest BCUT2D eigenvalue weighted by Gasteiger charge is -2.19. The summed E-state index contributed by atoms with van der Waals surface area (Å²) in [5.41, 5.74) is 1.03. The normalized spacial score (nSPS) is 11.6. The van der Waals surface area contributed by atoms with Crippen LogP contribution in [0, 0.1) is 0 Å². The number of hydrogen-bond acceptors (Lipinski definition) is 4. The van der Waals surface area contributed by atoms with Gasteiger partial charge in [-0.25, -0.2) is 0 Å². The van der Waals surface area contributed by atoms with E-state index in [1.54, 1.807) is 0 Å². The number of nitrogens with zero attached hydrogens (tertiary/aromatic N) is 2. The molecule has 21 heavy (non-hydrogen) atoms. The molecule has 1 aromatic heterocycles. The Morgan fingerprint density at radius 2 is 1.71 bits per heavy atom. The second-order valence-electron chi connectivity index (χ2n) is 6.58. The van der Waals surface area contributed by atoms with E-state index in [2.05, 4.69) is 43.2 Å². The van der Waals surface area contributed by atoms with E-state index in [1.165, 1.54) is 32.1 Å². The minimum absolute atomic E-state index is 0.0919. The van der Waals surface area contributed by atoms with Gasteiger partial charge in [0.25, 0.3) is 0 Å². The molecule has 0 bridgehead atoms. The molecule has 0 saturated heterocycles. The Morgan fingerprint density at radius 1 is 1.00 bits per heavy atom. The SMILES string of the molecule is CCCCCCCCOc1ccc(CNC(C)(C)C)nn1. The van der Waals surface area contributed by atoms with Crippen molar-refractivity contribution in [2.45, 2.75) is 78.3 Å². The summed E-state index contributed by atoms with van der Waals surface area (Å²) in [6.45, 7) is 10.1. The third kappa shape index (κ3) is 9.40. The van der Waals surface area contributed by atoms with Crippen molar-refractivity contribution in [1.29, 1.82) is 0 Å². The summed E-state index contributed by atoms with van der Waals surface area (Å²) < 4.78 is 5.62. The fourth-order valence-electron chi connectivity index (χ4n) is 1.93. The molecule has 0 atom stereocenters. The smallest absolute Gasteiger partial charge is 0.233 e. The number of nitrogens with one attached hydrogen (secondary N) is 1. The molecule has 0 fully saturated rings. The fourth-order valence-corrected chi connectivity index (χ4v) is 1.93. The standard InChI is InChI=1S/C17H31N3O/c1-5-6-7-8-9-10-13-21-16-12-11-15(19-20-16)14-18-17(2,3)4/h11-12,18H,5-10,13-14H2,1-4H3. The minimum Gasteiger partial charge on any atom is -0.477 e. The van der Waals surface area contributed by atoms with E-state index in [9.17, 15) is 0 Å². The van der Waals surface area contributed by atoms with Gasteiger partial charge in [-0.2, -0.15) is 5.10 Å². The van der Waals surface area contributed by atoms with E-state index >= 15 is 0 Å². The summed E-state index contributed by atoms with van der Waals surface area (Å²) in [4.78, 5) is 0. The van der Waals surface area contributed by atoms with Crippen molar-refractivity contribution in [3.63, 3.8) is 0 Å². The number of unbranched alkanes of at least 4 members (excludes halogenated alkanes) is 5. The Bertz CT molecular complexity index is 371. The molecule has 0 spiro atoms. The highest BCUT2D eigenvalue weighted by atomic mass is 16.5. The van der Waals surface area contributed by atoms with Crippen molar-refractivity contribution < 1.29 is 4.74 Å². The quantitative estimate of drug-likeness (QED) is 0.660. The van der Waals surface area contributed by atoms with Gasteiger partial charge in [0.15, 0.2) is 0 Å². The monoisotopic (exact) mass is 293 g/mol. The summed E-state index contributed by atoms with van der Waals surface area (Å²) >= 11 is 0. The zero-order chi connectivity index (χ0) is 15.6. The summed E-state index contributed by atoms with van der Waals surface area (Å²) in [6.07, 6.45) is 7.62. The third-order valence-corrected chi connectivity index (χ3v) is 3.24.